The second-order valence-electron chi connectivity index (χ2n) is 5.83. The zero-order valence-electron chi connectivity index (χ0n) is 14.2. The third kappa shape index (κ3) is 2.74. The molecule has 4 aromatic rings. The Kier molecular flexibility index (Phi) is 4.12. The molecule has 2 aromatic heterocycles. The van der Waals surface area contributed by atoms with Gasteiger partial charge in [-0.2, -0.15) is 9.03 Å². The van der Waals surface area contributed by atoms with Crippen molar-refractivity contribution in [3.63, 3.8) is 0 Å². The molecule has 0 fully saturated rings. The predicted octanol–water partition coefficient (Wildman–Crippen LogP) is 1.25. The van der Waals surface area contributed by atoms with E-state index < -0.39 is 16.9 Å². The monoisotopic (exact) mass is 387 g/mol. The van der Waals surface area contributed by atoms with Crippen LogP contribution in [0.2, 0.25) is 5.02 Å². The lowest BCUT2D eigenvalue weighted by molar-refractivity contribution is 0.294. The van der Waals surface area contributed by atoms with E-state index in [0.717, 1.165) is 13.6 Å². The molecule has 0 amide bonds. The fourth-order valence-corrected chi connectivity index (χ4v) is 3.09. The number of hydrogen-bond acceptors (Lipinski definition) is 5. The van der Waals surface area contributed by atoms with Crippen molar-refractivity contribution in [2.45, 2.75) is 6.54 Å². The average molecular weight is 388 g/mol. The largest absolute Gasteiger partial charge is 0.497 e. The van der Waals surface area contributed by atoms with E-state index in [-0.39, 0.29) is 18.5 Å². The second-order valence-corrected chi connectivity index (χ2v) is 6.27. The van der Waals surface area contributed by atoms with Gasteiger partial charge in [-0.3, -0.25) is 4.79 Å². The Morgan fingerprint density at radius 3 is 2.30 bits per heavy atom. The Morgan fingerprint density at radius 1 is 0.926 bits per heavy atom. The molecule has 0 bridgehead atoms. The summed E-state index contributed by atoms with van der Waals surface area (Å²) in [5.74, 6) is 1.03. The minimum atomic E-state index is -0.708. The molecular formula is C18H14ClN3O5. The van der Waals surface area contributed by atoms with Crippen molar-refractivity contribution in [1.29, 1.82) is 0 Å². The van der Waals surface area contributed by atoms with Crippen LogP contribution in [0.1, 0.15) is 0 Å². The minimum absolute atomic E-state index is 0.00601. The summed E-state index contributed by atoms with van der Waals surface area (Å²) in [6, 6.07) is 11.4. The Balaban J connectivity index is 1.71. The highest BCUT2D eigenvalue weighted by molar-refractivity contribution is 6.30. The second kappa shape index (κ2) is 6.48. The molecular weight excluding hydrogens is 374 g/mol. The molecule has 0 unspecified atom stereocenters. The lowest BCUT2D eigenvalue weighted by atomic mass is 10.2. The first-order valence-corrected chi connectivity index (χ1v) is 8.45. The first-order chi connectivity index (χ1) is 13.0. The molecule has 0 saturated heterocycles. The maximum Gasteiger partial charge on any atom is 0.355 e. The van der Waals surface area contributed by atoms with E-state index in [1.54, 1.807) is 36.4 Å². The summed E-state index contributed by atoms with van der Waals surface area (Å²) in [6.45, 7) is 0.0938. The van der Waals surface area contributed by atoms with Crippen molar-refractivity contribution < 1.29 is 9.47 Å². The Bertz CT molecular complexity index is 1300. The van der Waals surface area contributed by atoms with Crippen LogP contribution >= 0.6 is 11.6 Å². The van der Waals surface area contributed by atoms with Crippen LogP contribution in [0.4, 0.5) is 0 Å². The van der Waals surface area contributed by atoms with Gasteiger partial charge in [0, 0.05) is 5.02 Å². The average Bonchev–Trinajstić information content (AvgIpc) is 3.10. The fourth-order valence-electron chi connectivity index (χ4n) is 2.96. The van der Waals surface area contributed by atoms with E-state index in [4.69, 9.17) is 21.1 Å². The summed E-state index contributed by atoms with van der Waals surface area (Å²) in [5, 5.41) is 0.822. The normalized spacial score (nSPS) is 11.3. The number of rotatable bonds is 5. The van der Waals surface area contributed by atoms with Crippen molar-refractivity contribution in [2.24, 2.45) is 0 Å². The van der Waals surface area contributed by atoms with E-state index in [1.165, 1.54) is 13.2 Å². The summed E-state index contributed by atoms with van der Waals surface area (Å²) < 4.78 is 13.5. The van der Waals surface area contributed by atoms with Gasteiger partial charge < -0.3 is 9.47 Å². The third-order valence-corrected chi connectivity index (χ3v) is 4.53. The minimum Gasteiger partial charge on any atom is -0.497 e. The molecule has 138 valence electrons. The first-order valence-electron chi connectivity index (χ1n) is 8.07. The number of nitrogens with zero attached hydrogens (tertiary/aromatic N) is 3. The number of methoxy groups -OCH3 is 1. The maximum atomic E-state index is 12.7. The van der Waals surface area contributed by atoms with Gasteiger partial charge in [-0.1, -0.05) is 11.6 Å². The summed E-state index contributed by atoms with van der Waals surface area (Å²) >= 11 is 5.81. The molecule has 0 aliphatic rings. The molecule has 8 nitrogen and oxygen atoms in total. The summed E-state index contributed by atoms with van der Waals surface area (Å²) in [6.07, 6.45) is 0. The van der Waals surface area contributed by atoms with Crippen molar-refractivity contribution in [3.8, 4) is 11.5 Å². The summed E-state index contributed by atoms with van der Waals surface area (Å²) in [5.41, 5.74) is -1.53. The summed E-state index contributed by atoms with van der Waals surface area (Å²) in [7, 11) is 1.47. The highest BCUT2D eigenvalue weighted by Gasteiger charge is 2.19. The molecule has 2 aromatic carbocycles. The Morgan fingerprint density at radius 2 is 1.59 bits per heavy atom. The molecule has 0 aliphatic carbocycles. The molecule has 4 rings (SSSR count). The lowest BCUT2D eigenvalue weighted by Crippen LogP contribution is -2.32. The SMILES string of the molecule is COc1ccc2c(c1)c(=O)n1c(=O)n(CCOc3ccc(Cl)cc3)c(=O)n21. The number of aromatic nitrogens is 3. The smallest absolute Gasteiger partial charge is 0.355 e. The quantitative estimate of drug-likeness (QED) is 0.514. The number of halogens is 1. The van der Waals surface area contributed by atoms with Crippen LogP contribution in [-0.2, 0) is 6.54 Å². The van der Waals surface area contributed by atoms with Crippen LogP contribution in [0.3, 0.4) is 0 Å². The van der Waals surface area contributed by atoms with Crippen LogP contribution in [0.25, 0.3) is 10.9 Å². The Labute approximate surface area is 156 Å². The fraction of sp³-hybridized carbons (Fsp3) is 0.167. The lowest BCUT2D eigenvalue weighted by Gasteiger charge is -2.05. The molecule has 9 heteroatoms. The predicted molar refractivity (Wildman–Crippen MR) is 99.8 cm³/mol. The zero-order valence-corrected chi connectivity index (χ0v) is 15.0. The van der Waals surface area contributed by atoms with Crippen LogP contribution in [0, 0.1) is 0 Å². The van der Waals surface area contributed by atoms with Gasteiger partial charge in [-0.25, -0.2) is 14.2 Å². The van der Waals surface area contributed by atoms with Gasteiger partial charge in [0.15, 0.2) is 0 Å². The molecule has 0 N–H and O–H groups in total. The number of hydrogen-bond donors (Lipinski definition) is 0. The van der Waals surface area contributed by atoms with Crippen molar-refractivity contribution in [2.75, 3.05) is 13.7 Å². The molecule has 0 spiro atoms. The van der Waals surface area contributed by atoms with Crippen LogP contribution in [0.5, 0.6) is 11.5 Å². The van der Waals surface area contributed by atoms with Gasteiger partial charge in [0.25, 0.3) is 5.56 Å². The van der Waals surface area contributed by atoms with E-state index in [9.17, 15) is 14.4 Å². The van der Waals surface area contributed by atoms with E-state index >= 15 is 0 Å². The molecule has 2 heterocycles. The molecule has 27 heavy (non-hydrogen) atoms. The molecule has 0 atom stereocenters. The van der Waals surface area contributed by atoms with Gasteiger partial charge in [0.05, 0.1) is 24.6 Å². The van der Waals surface area contributed by atoms with Crippen molar-refractivity contribution in [1.82, 2.24) is 13.6 Å². The third-order valence-electron chi connectivity index (χ3n) is 4.28. The van der Waals surface area contributed by atoms with Gasteiger partial charge in [0.2, 0.25) is 0 Å². The van der Waals surface area contributed by atoms with E-state index in [2.05, 4.69) is 0 Å². The van der Waals surface area contributed by atoms with Gasteiger partial charge in [-0.05, 0) is 42.5 Å². The van der Waals surface area contributed by atoms with Crippen LogP contribution in [0.15, 0.2) is 56.8 Å². The topological polar surface area (TPSA) is 83.4 Å². The van der Waals surface area contributed by atoms with Gasteiger partial charge in [-0.15, -0.1) is 0 Å². The molecule has 0 saturated carbocycles. The van der Waals surface area contributed by atoms with Crippen molar-refractivity contribution >= 4 is 22.5 Å². The van der Waals surface area contributed by atoms with Gasteiger partial charge >= 0.3 is 11.4 Å². The first kappa shape index (κ1) is 17.2. The van der Waals surface area contributed by atoms with Crippen LogP contribution < -0.4 is 26.4 Å². The molecule has 0 aliphatic heterocycles. The Hall–Kier alpha value is -3.26. The molecule has 0 radical (unpaired) electrons. The standard InChI is InChI=1S/C18H14ClN3O5/c1-26-13-6-7-15-14(10-13)16(23)22-18(25)20(17(24)21(15)22)8-9-27-12-4-2-11(19)3-5-12/h2-7,10H,8-9H2,1H3. The number of fused-ring (bicyclic) bond motifs is 3. The van der Waals surface area contributed by atoms with E-state index in [1.807, 2.05) is 0 Å². The number of benzene rings is 2. The van der Waals surface area contributed by atoms with Crippen LogP contribution in [-0.4, -0.2) is 27.3 Å². The van der Waals surface area contributed by atoms with E-state index in [0.29, 0.717) is 22.0 Å². The van der Waals surface area contributed by atoms with Gasteiger partial charge in [0.1, 0.15) is 18.1 Å². The summed E-state index contributed by atoms with van der Waals surface area (Å²) in [4.78, 5) is 37.8. The highest BCUT2D eigenvalue weighted by atomic mass is 35.5. The highest BCUT2D eigenvalue weighted by Crippen LogP contribution is 2.17. The van der Waals surface area contributed by atoms with Crippen molar-refractivity contribution in [3.05, 3.63) is 78.8 Å². The maximum absolute atomic E-state index is 12.7. The number of ether oxygens (including phenoxy) is 2. The zero-order chi connectivity index (χ0) is 19.1.